The van der Waals surface area contributed by atoms with Gasteiger partial charge in [-0.2, -0.15) is 9.78 Å². The summed E-state index contributed by atoms with van der Waals surface area (Å²) in [6.07, 6.45) is 7.39. The lowest BCUT2D eigenvalue weighted by molar-refractivity contribution is 0.174. The smallest absolute Gasteiger partial charge is 0.282 e. The molecule has 148 valence electrons. The molecule has 1 aromatic heterocycles. The number of hydrogen-bond donors (Lipinski definition) is 0. The molecule has 29 heavy (non-hydrogen) atoms. The molecule has 1 aliphatic heterocycles. The molecule has 1 saturated carbocycles. The third-order valence-corrected chi connectivity index (χ3v) is 5.82. The summed E-state index contributed by atoms with van der Waals surface area (Å²) in [5, 5.41) is 5.20. The van der Waals surface area contributed by atoms with Crippen LogP contribution in [0.15, 0.2) is 46.3 Å². The minimum absolute atomic E-state index is 0.120. The molecular formula is C23H23N3O3. The van der Waals surface area contributed by atoms with Gasteiger partial charge in [-0.1, -0.05) is 31.4 Å². The van der Waals surface area contributed by atoms with Crippen molar-refractivity contribution in [1.29, 1.82) is 0 Å². The Labute approximate surface area is 168 Å². The summed E-state index contributed by atoms with van der Waals surface area (Å²) in [5.74, 6) is 2.47. The molecule has 2 aliphatic rings. The van der Waals surface area contributed by atoms with Crippen molar-refractivity contribution < 1.29 is 9.47 Å². The molecule has 0 amide bonds. The molecular weight excluding hydrogens is 366 g/mol. The second kappa shape index (κ2) is 7.35. The number of rotatable bonds is 3. The highest BCUT2D eigenvalue weighted by Crippen LogP contribution is 2.34. The second-order valence-electron chi connectivity index (χ2n) is 7.75. The normalized spacial score (nSPS) is 16.7. The predicted molar refractivity (Wildman–Crippen MR) is 112 cm³/mol. The van der Waals surface area contributed by atoms with Gasteiger partial charge in [0.15, 0.2) is 11.5 Å². The first-order valence-corrected chi connectivity index (χ1v) is 10.2. The van der Waals surface area contributed by atoms with Crippen molar-refractivity contribution in [3.8, 4) is 11.5 Å². The van der Waals surface area contributed by atoms with Crippen LogP contribution < -0.4 is 15.0 Å². The Morgan fingerprint density at radius 1 is 1.10 bits per heavy atom. The predicted octanol–water partition coefficient (Wildman–Crippen LogP) is 4.36. The highest BCUT2D eigenvalue weighted by atomic mass is 16.7. The van der Waals surface area contributed by atoms with Crippen LogP contribution in [0.4, 0.5) is 0 Å². The number of nitrogens with zero attached hydrogens (tertiary/aromatic N) is 3. The van der Waals surface area contributed by atoms with E-state index in [1.165, 1.54) is 23.9 Å². The van der Waals surface area contributed by atoms with Crippen LogP contribution in [-0.2, 0) is 0 Å². The Morgan fingerprint density at radius 3 is 2.69 bits per heavy atom. The first kappa shape index (κ1) is 17.9. The molecule has 0 spiro atoms. The lowest BCUT2D eigenvalue weighted by Crippen LogP contribution is -2.25. The summed E-state index contributed by atoms with van der Waals surface area (Å²) >= 11 is 0. The van der Waals surface area contributed by atoms with E-state index < -0.39 is 0 Å². The molecule has 2 heterocycles. The van der Waals surface area contributed by atoms with E-state index in [4.69, 9.17) is 14.5 Å². The Balaban J connectivity index is 1.62. The first-order valence-electron chi connectivity index (χ1n) is 10.2. The zero-order valence-corrected chi connectivity index (χ0v) is 16.4. The highest BCUT2D eigenvalue weighted by molar-refractivity contribution is 5.83. The van der Waals surface area contributed by atoms with E-state index in [2.05, 4.69) is 5.10 Å². The SMILES string of the molecule is Cc1cc2c(cc1C=Nn1c(C3CCCCC3)nc3ccccc3c1=O)OCO2. The number of para-hydroxylation sites is 1. The van der Waals surface area contributed by atoms with E-state index in [9.17, 15) is 4.79 Å². The molecule has 1 aliphatic carbocycles. The van der Waals surface area contributed by atoms with Crippen LogP contribution in [0.25, 0.3) is 10.9 Å². The van der Waals surface area contributed by atoms with Gasteiger partial charge in [-0.3, -0.25) is 4.79 Å². The second-order valence-corrected chi connectivity index (χ2v) is 7.75. The number of hydrogen-bond acceptors (Lipinski definition) is 5. The molecule has 0 saturated heterocycles. The van der Waals surface area contributed by atoms with Crippen LogP contribution in [-0.4, -0.2) is 22.7 Å². The Morgan fingerprint density at radius 2 is 1.86 bits per heavy atom. The minimum Gasteiger partial charge on any atom is -0.454 e. The monoisotopic (exact) mass is 389 g/mol. The lowest BCUT2D eigenvalue weighted by atomic mass is 9.88. The van der Waals surface area contributed by atoms with Gasteiger partial charge in [0, 0.05) is 11.5 Å². The van der Waals surface area contributed by atoms with E-state index in [1.54, 1.807) is 6.21 Å². The molecule has 0 unspecified atom stereocenters. The third-order valence-electron chi connectivity index (χ3n) is 5.82. The van der Waals surface area contributed by atoms with Gasteiger partial charge in [0.2, 0.25) is 6.79 Å². The van der Waals surface area contributed by atoms with Crippen molar-refractivity contribution in [2.45, 2.75) is 44.9 Å². The van der Waals surface area contributed by atoms with Gasteiger partial charge in [0.1, 0.15) is 5.82 Å². The summed E-state index contributed by atoms with van der Waals surface area (Å²) in [6, 6.07) is 11.3. The van der Waals surface area contributed by atoms with E-state index in [0.717, 1.165) is 41.1 Å². The molecule has 0 atom stereocenters. The van der Waals surface area contributed by atoms with Gasteiger partial charge in [-0.25, -0.2) is 4.98 Å². The van der Waals surface area contributed by atoms with Crippen LogP contribution in [0.1, 0.15) is 55.0 Å². The van der Waals surface area contributed by atoms with E-state index >= 15 is 0 Å². The molecule has 2 aromatic carbocycles. The highest BCUT2D eigenvalue weighted by Gasteiger charge is 2.22. The number of benzene rings is 2. The molecule has 0 N–H and O–H groups in total. The fraction of sp³-hybridized carbons (Fsp3) is 0.348. The lowest BCUT2D eigenvalue weighted by Gasteiger charge is -2.22. The first-order chi connectivity index (χ1) is 14.2. The van der Waals surface area contributed by atoms with Gasteiger partial charge in [-0.15, -0.1) is 0 Å². The van der Waals surface area contributed by atoms with Crippen molar-refractivity contribution in [1.82, 2.24) is 9.66 Å². The summed E-state index contributed by atoms with van der Waals surface area (Å²) in [4.78, 5) is 18.1. The number of ether oxygens (including phenoxy) is 2. The molecule has 6 heteroatoms. The van der Waals surface area contributed by atoms with Crippen LogP contribution in [0.3, 0.4) is 0 Å². The zero-order chi connectivity index (χ0) is 19.8. The molecule has 3 aromatic rings. The summed E-state index contributed by atoms with van der Waals surface area (Å²) in [7, 11) is 0. The average Bonchev–Trinajstić information content (AvgIpc) is 3.20. The summed E-state index contributed by atoms with van der Waals surface area (Å²) in [5.41, 5.74) is 2.53. The van der Waals surface area contributed by atoms with E-state index in [0.29, 0.717) is 11.1 Å². The largest absolute Gasteiger partial charge is 0.454 e. The number of aryl methyl sites for hydroxylation is 1. The van der Waals surface area contributed by atoms with Crippen LogP contribution in [0.5, 0.6) is 11.5 Å². The van der Waals surface area contributed by atoms with Crippen molar-refractivity contribution in [2.75, 3.05) is 6.79 Å². The van der Waals surface area contributed by atoms with Crippen molar-refractivity contribution in [3.05, 3.63) is 63.7 Å². The maximum atomic E-state index is 13.2. The molecule has 0 radical (unpaired) electrons. The number of aromatic nitrogens is 2. The van der Waals surface area contributed by atoms with Crippen LogP contribution in [0.2, 0.25) is 0 Å². The average molecular weight is 389 g/mol. The fourth-order valence-electron chi connectivity index (χ4n) is 4.20. The fourth-order valence-corrected chi connectivity index (χ4v) is 4.20. The molecule has 1 fully saturated rings. The topological polar surface area (TPSA) is 65.7 Å². The minimum atomic E-state index is -0.120. The van der Waals surface area contributed by atoms with Crippen molar-refractivity contribution >= 4 is 17.1 Å². The maximum absolute atomic E-state index is 13.2. The van der Waals surface area contributed by atoms with Crippen LogP contribution in [0, 0.1) is 6.92 Å². The Bertz CT molecular complexity index is 1160. The van der Waals surface area contributed by atoms with Gasteiger partial charge in [0.25, 0.3) is 5.56 Å². The van der Waals surface area contributed by atoms with E-state index in [-0.39, 0.29) is 18.3 Å². The van der Waals surface area contributed by atoms with Gasteiger partial charge >= 0.3 is 0 Å². The molecule has 0 bridgehead atoms. The van der Waals surface area contributed by atoms with Crippen molar-refractivity contribution in [3.63, 3.8) is 0 Å². The third kappa shape index (κ3) is 3.28. The maximum Gasteiger partial charge on any atom is 0.282 e. The molecule has 5 rings (SSSR count). The van der Waals surface area contributed by atoms with E-state index in [1.807, 2.05) is 43.3 Å². The quantitative estimate of drug-likeness (QED) is 0.624. The van der Waals surface area contributed by atoms with Gasteiger partial charge in [0.05, 0.1) is 17.1 Å². The number of fused-ring (bicyclic) bond motifs is 2. The van der Waals surface area contributed by atoms with Gasteiger partial charge in [-0.05, 0) is 49.6 Å². The zero-order valence-electron chi connectivity index (χ0n) is 16.4. The van der Waals surface area contributed by atoms with Gasteiger partial charge < -0.3 is 9.47 Å². The summed E-state index contributed by atoms with van der Waals surface area (Å²) in [6.45, 7) is 2.22. The molecule has 6 nitrogen and oxygen atoms in total. The Kier molecular flexibility index (Phi) is 4.54. The van der Waals surface area contributed by atoms with Crippen molar-refractivity contribution in [2.24, 2.45) is 5.10 Å². The standard InChI is InChI=1S/C23H23N3O3/c1-15-11-20-21(29-14-28-20)12-17(15)13-24-26-22(16-7-3-2-4-8-16)25-19-10-6-5-9-18(19)23(26)27/h5-6,9-13,16H,2-4,7-8,14H2,1H3. The van der Waals surface area contributed by atoms with Crippen LogP contribution >= 0.6 is 0 Å². The summed E-state index contributed by atoms with van der Waals surface area (Å²) < 4.78 is 12.4. The Hall–Kier alpha value is -3.15.